The van der Waals surface area contributed by atoms with Gasteiger partial charge in [0.15, 0.2) is 0 Å². The number of benzene rings is 2. The molecule has 0 bridgehead atoms. The van der Waals surface area contributed by atoms with Gasteiger partial charge in [-0.15, -0.1) is 0 Å². The third kappa shape index (κ3) is 4.06. The normalized spacial score (nSPS) is 10.5. The van der Waals surface area contributed by atoms with Crippen LogP contribution < -0.4 is 10.6 Å². The smallest absolute Gasteiger partial charge is 0.334 e. The maximum absolute atomic E-state index is 13.8. The molecule has 1 aromatic heterocycles. The highest BCUT2D eigenvalue weighted by Gasteiger charge is 2.24. The largest absolute Gasteiger partial charge is 0.353 e. The SMILES string of the molecule is O=[N+]([O-])c1c(Nc2ccc(F)c(Cl)c2)ncnc1Nc1ccc(F)cc1F. The number of hydrogen-bond donors (Lipinski definition) is 2. The summed E-state index contributed by atoms with van der Waals surface area (Å²) in [4.78, 5) is 18.2. The summed E-state index contributed by atoms with van der Waals surface area (Å²) in [5.74, 6) is -2.97. The fraction of sp³-hybridized carbons (Fsp3) is 0. The first-order chi connectivity index (χ1) is 12.8. The van der Waals surface area contributed by atoms with Gasteiger partial charge in [-0.3, -0.25) is 10.1 Å². The van der Waals surface area contributed by atoms with Gasteiger partial charge in [-0.05, 0) is 30.3 Å². The van der Waals surface area contributed by atoms with E-state index >= 15 is 0 Å². The van der Waals surface area contributed by atoms with E-state index in [0.717, 1.165) is 24.5 Å². The van der Waals surface area contributed by atoms with Crippen molar-refractivity contribution in [1.82, 2.24) is 9.97 Å². The molecule has 2 aromatic carbocycles. The molecule has 0 saturated heterocycles. The van der Waals surface area contributed by atoms with Crippen LogP contribution in [0.5, 0.6) is 0 Å². The van der Waals surface area contributed by atoms with Gasteiger partial charge in [0, 0.05) is 11.8 Å². The molecule has 3 rings (SSSR count). The van der Waals surface area contributed by atoms with E-state index in [1.165, 1.54) is 12.1 Å². The van der Waals surface area contributed by atoms with E-state index in [0.29, 0.717) is 6.07 Å². The molecule has 0 atom stereocenters. The van der Waals surface area contributed by atoms with E-state index in [9.17, 15) is 23.3 Å². The Hall–Kier alpha value is -3.40. The lowest BCUT2D eigenvalue weighted by Gasteiger charge is -2.11. The molecular formula is C16H9ClF3N5O2. The van der Waals surface area contributed by atoms with Gasteiger partial charge in [-0.1, -0.05) is 11.6 Å². The third-order valence-corrected chi connectivity index (χ3v) is 3.66. The highest BCUT2D eigenvalue weighted by atomic mass is 35.5. The molecule has 0 saturated carbocycles. The van der Waals surface area contributed by atoms with Crippen molar-refractivity contribution in [3.63, 3.8) is 0 Å². The summed E-state index contributed by atoms with van der Waals surface area (Å²) < 4.78 is 40.1. The van der Waals surface area contributed by atoms with Crippen LogP contribution in [0.3, 0.4) is 0 Å². The van der Waals surface area contributed by atoms with E-state index < -0.39 is 28.1 Å². The molecule has 0 unspecified atom stereocenters. The van der Waals surface area contributed by atoms with Gasteiger partial charge in [-0.2, -0.15) is 0 Å². The number of anilines is 4. The van der Waals surface area contributed by atoms with Crippen LogP contribution in [0, 0.1) is 27.6 Å². The minimum absolute atomic E-state index is 0.191. The fourth-order valence-corrected chi connectivity index (χ4v) is 2.34. The van der Waals surface area contributed by atoms with E-state index in [4.69, 9.17) is 11.6 Å². The Balaban J connectivity index is 1.99. The third-order valence-electron chi connectivity index (χ3n) is 3.37. The molecule has 27 heavy (non-hydrogen) atoms. The van der Waals surface area contributed by atoms with Gasteiger partial charge in [0.1, 0.15) is 23.8 Å². The summed E-state index contributed by atoms with van der Waals surface area (Å²) in [6.07, 6.45) is 1.00. The molecule has 1 heterocycles. The van der Waals surface area contributed by atoms with E-state index in [2.05, 4.69) is 20.6 Å². The monoisotopic (exact) mass is 395 g/mol. The Labute approximate surface area is 155 Å². The van der Waals surface area contributed by atoms with Gasteiger partial charge >= 0.3 is 5.69 Å². The predicted molar refractivity (Wildman–Crippen MR) is 93.0 cm³/mol. The van der Waals surface area contributed by atoms with Crippen LogP contribution in [0.1, 0.15) is 0 Å². The fourth-order valence-electron chi connectivity index (χ4n) is 2.16. The van der Waals surface area contributed by atoms with Gasteiger partial charge < -0.3 is 10.6 Å². The van der Waals surface area contributed by atoms with Crippen LogP contribution >= 0.6 is 11.6 Å². The lowest BCUT2D eigenvalue weighted by molar-refractivity contribution is -0.383. The van der Waals surface area contributed by atoms with Crippen LogP contribution in [0.25, 0.3) is 0 Å². The molecule has 2 N–H and O–H groups in total. The zero-order chi connectivity index (χ0) is 19.6. The van der Waals surface area contributed by atoms with Crippen molar-refractivity contribution in [2.45, 2.75) is 0 Å². The van der Waals surface area contributed by atoms with Crippen LogP contribution in [0.4, 0.5) is 41.9 Å². The average Bonchev–Trinajstić information content (AvgIpc) is 2.60. The standard InChI is InChI=1S/C16H9ClF3N5O2/c17-10-6-9(2-3-11(10)19)23-15-14(25(26)27)16(22-7-21-15)24-13-4-1-8(18)5-12(13)20/h1-7H,(H2,21,22,23,24). The van der Waals surface area contributed by atoms with E-state index in [1.54, 1.807) is 0 Å². The molecule has 138 valence electrons. The highest BCUT2D eigenvalue weighted by Crippen LogP contribution is 2.34. The summed E-state index contributed by atoms with van der Waals surface area (Å²) >= 11 is 5.68. The molecule has 0 aliphatic carbocycles. The Morgan fingerprint density at radius 3 is 2.30 bits per heavy atom. The van der Waals surface area contributed by atoms with Crippen molar-refractivity contribution in [1.29, 1.82) is 0 Å². The second kappa shape index (κ2) is 7.46. The van der Waals surface area contributed by atoms with Crippen LogP contribution in [-0.2, 0) is 0 Å². The Kier molecular flexibility index (Phi) is 5.08. The molecule has 0 radical (unpaired) electrons. The highest BCUT2D eigenvalue weighted by molar-refractivity contribution is 6.31. The van der Waals surface area contributed by atoms with Crippen molar-refractivity contribution < 1.29 is 18.1 Å². The molecule has 0 amide bonds. The van der Waals surface area contributed by atoms with E-state index in [-0.39, 0.29) is 28.0 Å². The average molecular weight is 396 g/mol. The molecule has 11 heteroatoms. The molecule has 7 nitrogen and oxygen atoms in total. The Bertz CT molecular complexity index is 1030. The van der Waals surface area contributed by atoms with Crippen molar-refractivity contribution in [2.24, 2.45) is 0 Å². The molecule has 0 fully saturated rings. The van der Waals surface area contributed by atoms with Gasteiger partial charge in [0.05, 0.1) is 15.6 Å². The summed E-state index contributed by atoms with van der Waals surface area (Å²) in [6, 6.07) is 6.27. The molecule has 0 spiro atoms. The first-order valence-electron chi connectivity index (χ1n) is 7.28. The lowest BCUT2D eigenvalue weighted by Crippen LogP contribution is -2.06. The lowest BCUT2D eigenvalue weighted by atomic mass is 10.2. The van der Waals surface area contributed by atoms with Gasteiger partial charge in [0.25, 0.3) is 0 Å². The number of nitrogens with one attached hydrogen (secondary N) is 2. The minimum atomic E-state index is -0.956. The van der Waals surface area contributed by atoms with Crippen molar-refractivity contribution in [3.05, 3.63) is 75.3 Å². The van der Waals surface area contributed by atoms with Gasteiger partial charge in [-0.25, -0.2) is 23.1 Å². The van der Waals surface area contributed by atoms with Crippen molar-refractivity contribution >= 4 is 40.3 Å². The number of hydrogen-bond acceptors (Lipinski definition) is 6. The molecule has 0 aliphatic rings. The maximum atomic E-state index is 13.8. The molecular weight excluding hydrogens is 387 g/mol. The van der Waals surface area contributed by atoms with Crippen molar-refractivity contribution in [2.75, 3.05) is 10.6 Å². The topological polar surface area (TPSA) is 93.0 Å². The molecule has 0 aliphatic heterocycles. The van der Waals surface area contributed by atoms with Crippen LogP contribution in [-0.4, -0.2) is 14.9 Å². The number of nitrogens with zero attached hydrogens (tertiary/aromatic N) is 3. The zero-order valence-electron chi connectivity index (χ0n) is 13.2. The first-order valence-corrected chi connectivity index (χ1v) is 7.66. The van der Waals surface area contributed by atoms with Crippen LogP contribution in [0.15, 0.2) is 42.7 Å². The number of halogens is 4. The first kappa shape index (κ1) is 18.4. The summed E-state index contributed by atoms with van der Waals surface area (Å²) in [5.41, 5.74) is -0.572. The second-order valence-electron chi connectivity index (χ2n) is 5.18. The van der Waals surface area contributed by atoms with Crippen molar-refractivity contribution in [3.8, 4) is 0 Å². The Morgan fingerprint density at radius 1 is 0.963 bits per heavy atom. The molecule has 3 aromatic rings. The van der Waals surface area contributed by atoms with E-state index in [1.807, 2.05) is 0 Å². The predicted octanol–water partition coefficient (Wildman–Crippen LogP) is 4.94. The second-order valence-corrected chi connectivity index (χ2v) is 5.59. The quantitative estimate of drug-likeness (QED) is 0.469. The number of rotatable bonds is 5. The summed E-state index contributed by atoms with van der Waals surface area (Å²) in [6.45, 7) is 0. The van der Waals surface area contributed by atoms with Crippen LogP contribution in [0.2, 0.25) is 5.02 Å². The maximum Gasteiger partial charge on any atom is 0.353 e. The number of aromatic nitrogens is 2. The minimum Gasteiger partial charge on any atom is -0.334 e. The summed E-state index contributed by atoms with van der Waals surface area (Å²) in [5, 5.41) is 16.4. The zero-order valence-corrected chi connectivity index (χ0v) is 14.0. The number of nitro groups is 1. The van der Waals surface area contributed by atoms with Gasteiger partial charge in [0.2, 0.25) is 11.6 Å². The Morgan fingerprint density at radius 2 is 1.67 bits per heavy atom. The summed E-state index contributed by atoms with van der Waals surface area (Å²) in [7, 11) is 0.